The number of fused-ring (bicyclic) bond motifs is 3. The van der Waals surface area contributed by atoms with Gasteiger partial charge in [0.1, 0.15) is 0 Å². The van der Waals surface area contributed by atoms with E-state index in [2.05, 4.69) is 69.9 Å². The minimum Gasteiger partial charge on any atom is -0.379 e. The molecule has 6 heteroatoms. The van der Waals surface area contributed by atoms with E-state index in [4.69, 9.17) is 4.74 Å². The molecule has 180 valence electrons. The molecule has 4 aromatic rings. The standard InChI is InChI=1S/C30H28N4O2/c35-29-30(25-3-1-2-4-27(25)32-29)18-26(30)23-9-10-24-19-31-34(28(24)17-23)12-11-21-5-7-22(8-6-21)20-33-13-15-36-16-14-33/h1-12,17,19,26H,13-16,18,20H2,(H,32,35). The summed E-state index contributed by atoms with van der Waals surface area (Å²) in [5.41, 5.74) is 6.37. The van der Waals surface area contributed by atoms with Gasteiger partial charge in [-0.15, -0.1) is 0 Å². The van der Waals surface area contributed by atoms with Crippen molar-refractivity contribution in [2.45, 2.75) is 24.3 Å². The van der Waals surface area contributed by atoms with Gasteiger partial charge < -0.3 is 10.1 Å². The molecule has 1 saturated heterocycles. The maximum Gasteiger partial charge on any atom is 0.235 e. The van der Waals surface area contributed by atoms with Crippen LogP contribution in [0.25, 0.3) is 23.2 Å². The van der Waals surface area contributed by atoms with E-state index in [0.717, 1.165) is 67.0 Å². The van der Waals surface area contributed by atoms with Crippen molar-refractivity contribution in [3.8, 4) is 0 Å². The zero-order chi connectivity index (χ0) is 24.1. The van der Waals surface area contributed by atoms with Crippen molar-refractivity contribution in [1.29, 1.82) is 0 Å². The highest BCUT2D eigenvalue weighted by molar-refractivity contribution is 6.09. The van der Waals surface area contributed by atoms with Crippen LogP contribution in [0.5, 0.6) is 0 Å². The summed E-state index contributed by atoms with van der Waals surface area (Å²) in [6, 6.07) is 23.3. The largest absolute Gasteiger partial charge is 0.379 e. The molecular formula is C30H28N4O2. The van der Waals surface area contributed by atoms with Crippen molar-refractivity contribution in [1.82, 2.24) is 14.7 Å². The summed E-state index contributed by atoms with van der Waals surface area (Å²) in [5, 5.41) is 8.77. The van der Waals surface area contributed by atoms with E-state index >= 15 is 0 Å². The lowest BCUT2D eigenvalue weighted by molar-refractivity contribution is -0.118. The van der Waals surface area contributed by atoms with Crippen molar-refractivity contribution in [2.24, 2.45) is 0 Å². The highest BCUT2D eigenvalue weighted by atomic mass is 16.5. The van der Waals surface area contributed by atoms with Crippen LogP contribution in [-0.2, 0) is 21.5 Å². The number of hydrogen-bond donors (Lipinski definition) is 1. The summed E-state index contributed by atoms with van der Waals surface area (Å²) >= 11 is 0. The van der Waals surface area contributed by atoms with Gasteiger partial charge in [0, 0.05) is 42.8 Å². The smallest absolute Gasteiger partial charge is 0.235 e. The number of para-hydroxylation sites is 1. The van der Waals surface area contributed by atoms with Crippen molar-refractivity contribution >= 4 is 34.8 Å². The summed E-state index contributed by atoms with van der Waals surface area (Å²) < 4.78 is 7.37. The normalized spacial score (nSPS) is 23.4. The van der Waals surface area contributed by atoms with E-state index in [0.29, 0.717) is 0 Å². The Balaban J connectivity index is 1.11. The number of morpholine rings is 1. The quantitative estimate of drug-likeness (QED) is 0.446. The number of benzene rings is 3. The maximum atomic E-state index is 12.9. The molecule has 1 aliphatic carbocycles. The molecule has 6 nitrogen and oxygen atoms in total. The van der Waals surface area contributed by atoms with Gasteiger partial charge in [0.2, 0.25) is 5.91 Å². The Hall–Kier alpha value is -3.74. The number of aromatic nitrogens is 2. The maximum absolute atomic E-state index is 12.9. The summed E-state index contributed by atoms with van der Waals surface area (Å²) in [4.78, 5) is 15.4. The van der Waals surface area contributed by atoms with Gasteiger partial charge in [-0.3, -0.25) is 9.69 Å². The van der Waals surface area contributed by atoms with E-state index in [1.807, 2.05) is 35.3 Å². The molecule has 1 amide bonds. The summed E-state index contributed by atoms with van der Waals surface area (Å²) in [6.45, 7) is 4.60. The monoisotopic (exact) mass is 476 g/mol. The SMILES string of the molecule is O=C1Nc2ccccc2C12CC2c1ccc2cnn(C=Cc3ccc(CN4CCOCC4)cc3)c2c1. The number of ether oxygens (including phenoxy) is 1. The number of amides is 1. The van der Waals surface area contributed by atoms with E-state index in [9.17, 15) is 4.79 Å². The average molecular weight is 477 g/mol. The minimum atomic E-state index is -0.423. The Morgan fingerprint density at radius 2 is 1.89 bits per heavy atom. The fourth-order valence-corrected chi connectivity index (χ4v) is 5.85. The molecule has 2 aliphatic heterocycles. The van der Waals surface area contributed by atoms with Crippen LogP contribution in [0.4, 0.5) is 5.69 Å². The zero-order valence-electron chi connectivity index (χ0n) is 20.1. The zero-order valence-corrected chi connectivity index (χ0v) is 20.1. The third-order valence-electron chi connectivity index (χ3n) is 7.94. The van der Waals surface area contributed by atoms with Crippen LogP contribution in [0.1, 0.15) is 34.6 Å². The van der Waals surface area contributed by atoms with Gasteiger partial charge in [0.25, 0.3) is 0 Å². The first kappa shape index (κ1) is 21.5. The Kier molecular flexibility index (Phi) is 5.04. The van der Waals surface area contributed by atoms with Gasteiger partial charge in [-0.25, -0.2) is 4.68 Å². The number of nitrogens with zero attached hydrogens (tertiary/aromatic N) is 3. The first-order valence-corrected chi connectivity index (χ1v) is 12.7. The molecule has 1 aromatic heterocycles. The van der Waals surface area contributed by atoms with Gasteiger partial charge in [0.15, 0.2) is 0 Å². The Morgan fingerprint density at radius 3 is 2.75 bits per heavy atom. The Bertz CT molecular complexity index is 1480. The summed E-state index contributed by atoms with van der Waals surface area (Å²) in [5.74, 6) is 0.316. The Morgan fingerprint density at radius 1 is 1.06 bits per heavy atom. The molecule has 3 aliphatic rings. The fraction of sp³-hybridized carbons (Fsp3) is 0.267. The number of nitrogens with one attached hydrogen (secondary N) is 1. The molecule has 7 rings (SSSR count). The van der Waals surface area contributed by atoms with E-state index in [1.165, 1.54) is 11.1 Å². The molecule has 36 heavy (non-hydrogen) atoms. The van der Waals surface area contributed by atoms with Crippen LogP contribution < -0.4 is 5.32 Å². The van der Waals surface area contributed by atoms with Crippen molar-refractivity contribution in [2.75, 3.05) is 31.6 Å². The van der Waals surface area contributed by atoms with Crippen LogP contribution in [-0.4, -0.2) is 46.9 Å². The molecule has 2 atom stereocenters. The number of carbonyl (C=O) groups is 1. The van der Waals surface area contributed by atoms with Crippen molar-refractivity contribution in [3.63, 3.8) is 0 Å². The van der Waals surface area contributed by atoms with E-state index < -0.39 is 5.41 Å². The number of carbonyl (C=O) groups excluding carboxylic acids is 1. The third-order valence-corrected chi connectivity index (χ3v) is 7.94. The molecular weight excluding hydrogens is 448 g/mol. The topological polar surface area (TPSA) is 59.4 Å². The third kappa shape index (κ3) is 3.56. The van der Waals surface area contributed by atoms with E-state index in [1.54, 1.807) is 0 Å². The lowest BCUT2D eigenvalue weighted by Gasteiger charge is -2.26. The van der Waals surface area contributed by atoms with Crippen molar-refractivity contribution < 1.29 is 9.53 Å². The second-order valence-corrected chi connectivity index (χ2v) is 10.1. The lowest BCUT2D eigenvalue weighted by Crippen LogP contribution is -2.35. The highest BCUT2D eigenvalue weighted by Gasteiger charge is 2.65. The molecule has 3 heterocycles. The lowest BCUT2D eigenvalue weighted by atomic mass is 9.92. The molecule has 0 radical (unpaired) electrons. The van der Waals surface area contributed by atoms with E-state index in [-0.39, 0.29) is 11.8 Å². The van der Waals surface area contributed by atoms with Crippen LogP contribution in [0.2, 0.25) is 0 Å². The number of hydrogen-bond acceptors (Lipinski definition) is 4. The molecule has 3 aromatic carbocycles. The minimum absolute atomic E-state index is 0.124. The number of rotatable bonds is 5. The van der Waals surface area contributed by atoms with Gasteiger partial charge in [0.05, 0.1) is 30.3 Å². The first-order valence-electron chi connectivity index (χ1n) is 12.7. The van der Waals surface area contributed by atoms with Crippen LogP contribution in [0, 0.1) is 0 Å². The Labute approximate surface area is 210 Å². The fourth-order valence-electron chi connectivity index (χ4n) is 5.85. The van der Waals surface area contributed by atoms with Crippen LogP contribution >= 0.6 is 0 Å². The summed E-state index contributed by atoms with van der Waals surface area (Å²) in [7, 11) is 0. The second-order valence-electron chi connectivity index (χ2n) is 10.1. The van der Waals surface area contributed by atoms with Crippen LogP contribution in [0.3, 0.4) is 0 Å². The second kappa shape index (κ2) is 8.43. The molecule has 2 unspecified atom stereocenters. The van der Waals surface area contributed by atoms with Gasteiger partial charge in [-0.05, 0) is 46.9 Å². The average Bonchev–Trinajstić information content (AvgIpc) is 3.45. The van der Waals surface area contributed by atoms with Gasteiger partial charge in [-0.2, -0.15) is 5.10 Å². The van der Waals surface area contributed by atoms with Gasteiger partial charge >= 0.3 is 0 Å². The highest BCUT2D eigenvalue weighted by Crippen LogP contribution is 2.64. The number of anilines is 1. The van der Waals surface area contributed by atoms with Crippen molar-refractivity contribution in [3.05, 3.63) is 95.2 Å². The van der Waals surface area contributed by atoms with Crippen LogP contribution in [0.15, 0.2) is 72.9 Å². The molecule has 1 spiro atoms. The summed E-state index contributed by atoms with van der Waals surface area (Å²) in [6.07, 6.45) is 6.86. The molecule has 1 saturated carbocycles. The first-order chi connectivity index (χ1) is 17.7. The molecule has 1 N–H and O–H groups in total. The van der Waals surface area contributed by atoms with Gasteiger partial charge in [-0.1, -0.05) is 54.6 Å². The predicted molar refractivity (Wildman–Crippen MR) is 142 cm³/mol. The molecule has 2 fully saturated rings. The molecule has 0 bridgehead atoms. The predicted octanol–water partition coefficient (Wildman–Crippen LogP) is 4.87.